The van der Waals surface area contributed by atoms with E-state index in [1.807, 2.05) is 36.1 Å². The molecular weight excluding hydrogens is 326 g/mol. The van der Waals surface area contributed by atoms with Gasteiger partial charge < -0.3 is 14.2 Å². The van der Waals surface area contributed by atoms with E-state index in [0.717, 1.165) is 23.5 Å². The SMILES string of the molecule is CCOc1ccccc1-c1noc(C2CSC3(C)CCC(=O)N23)n1. The lowest BCUT2D eigenvalue weighted by atomic mass is 10.2. The number of nitrogens with zero attached hydrogens (tertiary/aromatic N) is 3. The summed E-state index contributed by atoms with van der Waals surface area (Å²) in [6, 6.07) is 7.49. The van der Waals surface area contributed by atoms with Crippen molar-refractivity contribution in [3.63, 3.8) is 0 Å². The number of hydrogen-bond donors (Lipinski definition) is 0. The molecule has 0 N–H and O–H groups in total. The molecule has 3 heterocycles. The first kappa shape index (κ1) is 15.5. The Morgan fingerprint density at radius 3 is 3.12 bits per heavy atom. The first-order chi connectivity index (χ1) is 11.6. The third kappa shape index (κ3) is 2.38. The predicted molar refractivity (Wildman–Crippen MR) is 90.6 cm³/mol. The van der Waals surface area contributed by atoms with Crippen LogP contribution < -0.4 is 4.74 Å². The van der Waals surface area contributed by atoms with Gasteiger partial charge in [0.15, 0.2) is 0 Å². The number of aromatic nitrogens is 2. The Morgan fingerprint density at radius 1 is 1.46 bits per heavy atom. The van der Waals surface area contributed by atoms with Crippen LogP contribution in [0.2, 0.25) is 0 Å². The number of ether oxygens (including phenoxy) is 1. The second-order valence-corrected chi connectivity index (χ2v) is 7.65. The van der Waals surface area contributed by atoms with Gasteiger partial charge in [0.25, 0.3) is 5.89 Å². The second kappa shape index (κ2) is 5.81. The summed E-state index contributed by atoms with van der Waals surface area (Å²) in [5.74, 6) is 2.69. The molecule has 0 radical (unpaired) electrons. The van der Waals surface area contributed by atoms with Crippen LogP contribution in [0.3, 0.4) is 0 Å². The fraction of sp³-hybridized carbons (Fsp3) is 0.471. The van der Waals surface area contributed by atoms with Crippen molar-refractivity contribution in [3.8, 4) is 17.1 Å². The Labute approximate surface area is 144 Å². The van der Waals surface area contributed by atoms with Crippen LogP contribution in [0.1, 0.15) is 38.6 Å². The molecule has 0 spiro atoms. The molecular formula is C17H19N3O3S. The molecule has 2 aliphatic rings. The minimum atomic E-state index is -0.143. The van der Waals surface area contributed by atoms with E-state index in [2.05, 4.69) is 17.1 Å². The van der Waals surface area contributed by atoms with Crippen LogP contribution in [-0.4, -0.2) is 38.2 Å². The van der Waals surface area contributed by atoms with E-state index < -0.39 is 0 Å². The van der Waals surface area contributed by atoms with Crippen molar-refractivity contribution in [1.29, 1.82) is 0 Å². The van der Waals surface area contributed by atoms with E-state index in [1.165, 1.54) is 0 Å². The van der Waals surface area contributed by atoms with Crippen molar-refractivity contribution in [2.45, 2.75) is 37.6 Å². The second-order valence-electron chi connectivity index (χ2n) is 6.15. The number of para-hydroxylation sites is 1. The van der Waals surface area contributed by atoms with Crippen LogP contribution in [0.4, 0.5) is 0 Å². The number of hydrogen-bond acceptors (Lipinski definition) is 6. The topological polar surface area (TPSA) is 68.5 Å². The molecule has 2 fully saturated rings. The zero-order chi connectivity index (χ0) is 16.7. The van der Waals surface area contributed by atoms with Crippen molar-refractivity contribution >= 4 is 17.7 Å². The van der Waals surface area contributed by atoms with Gasteiger partial charge in [0.05, 0.1) is 17.0 Å². The number of fused-ring (bicyclic) bond motifs is 1. The van der Waals surface area contributed by atoms with Crippen LogP contribution in [0.15, 0.2) is 28.8 Å². The number of amides is 1. The van der Waals surface area contributed by atoms with E-state index in [1.54, 1.807) is 11.8 Å². The van der Waals surface area contributed by atoms with E-state index in [9.17, 15) is 4.79 Å². The molecule has 4 rings (SSSR count). The van der Waals surface area contributed by atoms with Gasteiger partial charge in [-0.05, 0) is 32.4 Å². The molecule has 6 nitrogen and oxygen atoms in total. The highest BCUT2D eigenvalue weighted by molar-refractivity contribution is 8.00. The van der Waals surface area contributed by atoms with Gasteiger partial charge in [0.2, 0.25) is 11.7 Å². The molecule has 0 aliphatic carbocycles. The van der Waals surface area contributed by atoms with Crippen molar-refractivity contribution < 1.29 is 14.1 Å². The number of carbonyl (C=O) groups excluding carboxylic acids is 1. The van der Waals surface area contributed by atoms with Gasteiger partial charge >= 0.3 is 0 Å². The Balaban J connectivity index is 1.66. The lowest BCUT2D eigenvalue weighted by molar-refractivity contribution is -0.131. The van der Waals surface area contributed by atoms with E-state index >= 15 is 0 Å². The molecule has 2 aromatic rings. The highest BCUT2D eigenvalue weighted by Crippen LogP contribution is 2.52. The maximum absolute atomic E-state index is 12.3. The Hall–Kier alpha value is -2.02. The Kier molecular flexibility index (Phi) is 3.75. The molecule has 2 aliphatic heterocycles. The number of benzene rings is 1. The van der Waals surface area contributed by atoms with Crippen LogP contribution in [0.25, 0.3) is 11.4 Å². The van der Waals surface area contributed by atoms with E-state index in [4.69, 9.17) is 9.26 Å². The maximum atomic E-state index is 12.3. The number of rotatable bonds is 4. The largest absolute Gasteiger partial charge is 0.493 e. The van der Waals surface area contributed by atoms with Gasteiger partial charge in [-0.25, -0.2) is 0 Å². The average molecular weight is 345 g/mol. The number of carbonyl (C=O) groups is 1. The molecule has 126 valence electrons. The summed E-state index contributed by atoms with van der Waals surface area (Å²) in [4.78, 5) is 18.6. The van der Waals surface area contributed by atoms with Gasteiger partial charge in [0, 0.05) is 12.2 Å². The molecule has 2 atom stereocenters. The van der Waals surface area contributed by atoms with Gasteiger partial charge in [-0.1, -0.05) is 17.3 Å². The van der Waals surface area contributed by atoms with Crippen molar-refractivity contribution in [3.05, 3.63) is 30.2 Å². The molecule has 2 unspecified atom stereocenters. The summed E-state index contributed by atoms with van der Waals surface area (Å²) in [7, 11) is 0. The first-order valence-electron chi connectivity index (χ1n) is 8.14. The minimum Gasteiger partial charge on any atom is -0.493 e. The van der Waals surface area contributed by atoms with E-state index in [0.29, 0.717) is 24.7 Å². The van der Waals surface area contributed by atoms with Crippen LogP contribution >= 0.6 is 11.8 Å². The third-order valence-corrected chi connectivity index (χ3v) is 6.10. The van der Waals surface area contributed by atoms with Crippen LogP contribution in [0.5, 0.6) is 5.75 Å². The van der Waals surface area contributed by atoms with Gasteiger partial charge in [-0.15, -0.1) is 11.8 Å². The summed E-state index contributed by atoms with van der Waals surface area (Å²) in [6.45, 7) is 4.62. The zero-order valence-corrected chi connectivity index (χ0v) is 14.5. The minimum absolute atomic E-state index is 0.139. The number of thioether (sulfide) groups is 1. The summed E-state index contributed by atoms with van der Waals surface area (Å²) >= 11 is 1.79. The smallest absolute Gasteiger partial charge is 0.250 e. The summed E-state index contributed by atoms with van der Waals surface area (Å²) < 4.78 is 11.2. The normalized spacial score (nSPS) is 26.0. The fourth-order valence-electron chi connectivity index (χ4n) is 3.42. The van der Waals surface area contributed by atoms with Gasteiger partial charge in [-0.2, -0.15) is 4.98 Å². The summed E-state index contributed by atoms with van der Waals surface area (Å²) in [5, 5.41) is 4.12. The molecule has 7 heteroatoms. The third-order valence-electron chi connectivity index (χ3n) is 4.60. The van der Waals surface area contributed by atoms with Crippen LogP contribution in [-0.2, 0) is 4.79 Å². The average Bonchev–Trinajstić information content (AvgIpc) is 3.25. The molecule has 0 bridgehead atoms. The Morgan fingerprint density at radius 2 is 2.29 bits per heavy atom. The molecule has 0 saturated carbocycles. The van der Waals surface area contributed by atoms with Gasteiger partial charge in [0.1, 0.15) is 11.8 Å². The molecule has 1 amide bonds. The standard InChI is InChI=1S/C17H19N3O3S/c1-3-22-13-7-5-4-6-11(13)15-18-16(23-19-15)12-10-24-17(2)9-8-14(21)20(12)17/h4-7,12H,3,8-10H2,1-2H3. The highest BCUT2D eigenvalue weighted by Gasteiger charge is 2.52. The summed E-state index contributed by atoms with van der Waals surface area (Å²) in [6.07, 6.45) is 1.47. The van der Waals surface area contributed by atoms with Crippen molar-refractivity contribution in [2.24, 2.45) is 0 Å². The quantitative estimate of drug-likeness (QED) is 0.847. The fourth-order valence-corrected chi connectivity index (χ4v) is 4.84. The molecule has 1 aromatic heterocycles. The van der Waals surface area contributed by atoms with Crippen molar-refractivity contribution in [2.75, 3.05) is 12.4 Å². The van der Waals surface area contributed by atoms with Gasteiger partial charge in [-0.3, -0.25) is 4.79 Å². The van der Waals surface area contributed by atoms with Crippen molar-refractivity contribution in [1.82, 2.24) is 15.0 Å². The lowest BCUT2D eigenvalue weighted by Gasteiger charge is -2.28. The summed E-state index contributed by atoms with van der Waals surface area (Å²) in [5.41, 5.74) is 0.801. The monoisotopic (exact) mass is 345 g/mol. The molecule has 2 saturated heterocycles. The first-order valence-corrected chi connectivity index (χ1v) is 9.13. The van der Waals surface area contributed by atoms with Crippen LogP contribution in [0, 0.1) is 0 Å². The lowest BCUT2D eigenvalue weighted by Crippen LogP contribution is -2.37. The highest BCUT2D eigenvalue weighted by atomic mass is 32.2. The Bertz CT molecular complexity index is 778. The van der Waals surface area contributed by atoms with E-state index in [-0.39, 0.29) is 16.8 Å². The zero-order valence-electron chi connectivity index (χ0n) is 13.7. The molecule has 24 heavy (non-hydrogen) atoms. The maximum Gasteiger partial charge on any atom is 0.250 e. The molecule has 1 aromatic carbocycles. The predicted octanol–water partition coefficient (Wildman–Crippen LogP) is 3.26.